The number of pyridine rings is 1. The predicted octanol–water partition coefficient (Wildman–Crippen LogP) is 5.40. The molecular weight excluding hydrogens is 500 g/mol. The molecule has 1 aliphatic rings. The summed E-state index contributed by atoms with van der Waals surface area (Å²) in [6, 6.07) is 5.80. The first-order valence-electron chi connectivity index (χ1n) is 12.2. The average molecular weight is 527 g/mol. The highest BCUT2D eigenvalue weighted by Crippen LogP contribution is 2.42. The largest absolute Gasteiger partial charge is 0.433 e. The van der Waals surface area contributed by atoms with Gasteiger partial charge in [0.2, 0.25) is 0 Å². The van der Waals surface area contributed by atoms with Crippen LogP contribution in [0, 0.1) is 17.1 Å². The van der Waals surface area contributed by atoms with Gasteiger partial charge in [-0.05, 0) is 51.8 Å². The van der Waals surface area contributed by atoms with E-state index in [2.05, 4.69) is 26.3 Å². The van der Waals surface area contributed by atoms with Crippen LogP contribution in [-0.4, -0.2) is 42.6 Å². The summed E-state index contributed by atoms with van der Waals surface area (Å²) in [6.45, 7) is 5.99. The molecule has 1 fully saturated rings. The highest BCUT2D eigenvalue weighted by atomic mass is 19.4. The minimum atomic E-state index is -4.69. The zero-order valence-electron chi connectivity index (χ0n) is 21.4. The van der Waals surface area contributed by atoms with Crippen LogP contribution in [0.5, 0.6) is 0 Å². The number of hydrogen-bond donors (Lipinski definition) is 0. The van der Waals surface area contributed by atoms with Crippen LogP contribution in [0.4, 0.5) is 23.2 Å². The van der Waals surface area contributed by atoms with Gasteiger partial charge in [-0.15, -0.1) is 10.2 Å². The molecule has 5 rings (SSSR count). The third-order valence-corrected chi connectivity index (χ3v) is 6.86. The first-order chi connectivity index (χ1) is 17.9. The van der Waals surface area contributed by atoms with Crippen LogP contribution in [0.3, 0.4) is 0 Å². The van der Waals surface area contributed by atoms with Crippen molar-refractivity contribution in [1.29, 1.82) is 5.26 Å². The van der Waals surface area contributed by atoms with Crippen molar-refractivity contribution in [1.82, 2.24) is 29.5 Å². The molecule has 0 amide bonds. The summed E-state index contributed by atoms with van der Waals surface area (Å²) in [5.74, 6) is 0.384. The Labute approximate surface area is 216 Å². The lowest BCUT2D eigenvalue weighted by molar-refractivity contribution is -0.144. The van der Waals surface area contributed by atoms with Crippen molar-refractivity contribution >= 4 is 16.7 Å². The minimum absolute atomic E-state index is 0.0565. The van der Waals surface area contributed by atoms with E-state index in [4.69, 9.17) is 0 Å². The van der Waals surface area contributed by atoms with E-state index in [1.807, 2.05) is 16.5 Å². The lowest BCUT2D eigenvalue weighted by atomic mass is 9.93. The molecule has 1 aromatic carbocycles. The van der Waals surface area contributed by atoms with E-state index in [1.165, 1.54) is 18.3 Å². The smallest absolute Gasteiger partial charge is 0.370 e. The standard InChI is InChI=1S/C26H26F4N8/c1-25(2,3)38-22(26(28,29)30)20-10-17(13-32-23(20)35-38)19-11-18(27)9-16(12-31)21(19)37-7-5-15(6-8-37)24-34-33-14-36(24)4/h9-11,13-15H,5-8H2,1-4H3. The normalized spacial score (nSPS) is 15.3. The first kappa shape index (κ1) is 25.6. The number of anilines is 1. The number of nitriles is 1. The summed E-state index contributed by atoms with van der Waals surface area (Å²) in [4.78, 5) is 6.20. The van der Waals surface area contributed by atoms with Crippen LogP contribution in [0.25, 0.3) is 22.2 Å². The Balaban J connectivity index is 1.62. The zero-order chi connectivity index (χ0) is 27.4. The molecule has 198 valence electrons. The first-order valence-corrected chi connectivity index (χ1v) is 12.2. The van der Waals surface area contributed by atoms with Crippen LogP contribution in [-0.2, 0) is 18.8 Å². The Morgan fingerprint density at radius 1 is 1.08 bits per heavy atom. The molecule has 0 N–H and O–H groups in total. The SMILES string of the molecule is Cn1cnnc1C1CCN(c2c(C#N)cc(F)cc2-c2cnc3nn(C(C)(C)C)c(C(F)(F)F)c3c2)CC1. The van der Waals surface area contributed by atoms with Gasteiger partial charge in [-0.2, -0.15) is 23.5 Å². The summed E-state index contributed by atoms with van der Waals surface area (Å²) in [5, 5.41) is 22.0. The Morgan fingerprint density at radius 3 is 2.37 bits per heavy atom. The molecule has 1 saturated heterocycles. The monoisotopic (exact) mass is 526 g/mol. The number of alkyl halides is 3. The summed E-state index contributed by atoms with van der Waals surface area (Å²) in [7, 11) is 1.88. The van der Waals surface area contributed by atoms with Gasteiger partial charge >= 0.3 is 6.18 Å². The molecule has 0 aliphatic carbocycles. The topological polar surface area (TPSA) is 88.4 Å². The molecule has 3 aromatic heterocycles. The maximum absolute atomic E-state index is 14.7. The molecule has 0 radical (unpaired) electrons. The van der Waals surface area contributed by atoms with E-state index in [9.17, 15) is 22.8 Å². The van der Waals surface area contributed by atoms with E-state index in [1.54, 1.807) is 27.1 Å². The van der Waals surface area contributed by atoms with E-state index in [0.717, 1.165) is 29.4 Å². The van der Waals surface area contributed by atoms with Gasteiger partial charge in [-0.3, -0.25) is 4.68 Å². The van der Waals surface area contributed by atoms with Gasteiger partial charge in [0.25, 0.3) is 0 Å². The van der Waals surface area contributed by atoms with Crippen molar-refractivity contribution in [3.05, 3.63) is 53.6 Å². The van der Waals surface area contributed by atoms with Gasteiger partial charge < -0.3 is 9.47 Å². The lowest BCUT2D eigenvalue weighted by Gasteiger charge is -2.35. The minimum Gasteiger partial charge on any atom is -0.370 e. The second-order valence-electron chi connectivity index (χ2n) is 10.5. The van der Waals surface area contributed by atoms with Crippen molar-refractivity contribution in [2.24, 2.45) is 7.05 Å². The summed E-state index contributed by atoms with van der Waals surface area (Å²) < 4.78 is 60.1. The van der Waals surface area contributed by atoms with E-state index >= 15 is 0 Å². The fraction of sp³-hybridized carbons (Fsp3) is 0.423. The molecular formula is C26H26F4N8. The van der Waals surface area contributed by atoms with Crippen molar-refractivity contribution in [3.8, 4) is 17.2 Å². The number of benzene rings is 1. The van der Waals surface area contributed by atoms with Crippen molar-refractivity contribution in [2.75, 3.05) is 18.0 Å². The van der Waals surface area contributed by atoms with Crippen LogP contribution in [0.2, 0.25) is 0 Å². The molecule has 38 heavy (non-hydrogen) atoms. The summed E-state index contributed by atoms with van der Waals surface area (Å²) >= 11 is 0. The summed E-state index contributed by atoms with van der Waals surface area (Å²) in [6.07, 6.45) is -0.210. The van der Waals surface area contributed by atoms with Crippen LogP contribution in [0.1, 0.15) is 56.6 Å². The molecule has 0 saturated carbocycles. The van der Waals surface area contributed by atoms with Gasteiger partial charge in [-0.1, -0.05) is 0 Å². The third kappa shape index (κ3) is 4.46. The number of halogens is 4. The highest BCUT2D eigenvalue weighted by Gasteiger charge is 2.41. The molecule has 1 aliphatic heterocycles. The zero-order valence-corrected chi connectivity index (χ0v) is 21.4. The van der Waals surface area contributed by atoms with Crippen LogP contribution < -0.4 is 4.90 Å². The Hall–Kier alpha value is -4.01. The lowest BCUT2D eigenvalue weighted by Crippen LogP contribution is -2.34. The number of fused-ring (bicyclic) bond motifs is 1. The quantitative estimate of drug-likeness (QED) is 0.333. The average Bonchev–Trinajstić information content (AvgIpc) is 3.46. The number of nitrogens with zero attached hydrogens (tertiary/aromatic N) is 8. The predicted molar refractivity (Wildman–Crippen MR) is 133 cm³/mol. The number of aromatic nitrogens is 6. The number of rotatable bonds is 3. The summed E-state index contributed by atoms with van der Waals surface area (Å²) in [5.41, 5.74) is -0.753. The fourth-order valence-corrected chi connectivity index (χ4v) is 5.14. The molecule has 4 aromatic rings. The van der Waals surface area contributed by atoms with Crippen molar-refractivity contribution < 1.29 is 17.6 Å². The molecule has 0 atom stereocenters. The van der Waals surface area contributed by atoms with E-state index in [0.29, 0.717) is 24.3 Å². The molecule has 0 bridgehead atoms. The number of piperidine rings is 1. The fourth-order valence-electron chi connectivity index (χ4n) is 5.14. The Kier molecular flexibility index (Phi) is 6.12. The second kappa shape index (κ2) is 9.08. The van der Waals surface area contributed by atoms with E-state index < -0.39 is 23.2 Å². The molecule has 0 unspecified atom stereocenters. The van der Waals surface area contributed by atoms with Gasteiger partial charge in [0.1, 0.15) is 24.0 Å². The Morgan fingerprint density at radius 2 is 1.79 bits per heavy atom. The van der Waals surface area contributed by atoms with Crippen LogP contribution >= 0.6 is 0 Å². The van der Waals surface area contributed by atoms with E-state index in [-0.39, 0.29) is 28.1 Å². The molecule has 0 spiro atoms. The van der Waals surface area contributed by atoms with Gasteiger partial charge in [-0.25, -0.2) is 9.37 Å². The Bertz CT molecular complexity index is 1550. The van der Waals surface area contributed by atoms with Gasteiger partial charge in [0.15, 0.2) is 11.3 Å². The van der Waals surface area contributed by atoms with Crippen molar-refractivity contribution in [3.63, 3.8) is 0 Å². The molecule has 8 nitrogen and oxygen atoms in total. The molecule has 4 heterocycles. The highest BCUT2D eigenvalue weighted by molar-refractivity contribution is 5.89. The maximum Gasteiger partial charge on any atom is 0.433 e. The number of aryl methyl sites for hydroxylation is 1. The van der Waals surface area contributed by atoms with Gasteiger partial charge in [0, 0.05) is 43.4 Å². The third-order valence-electron chi connectivity index (χ3n) is 6.86. The van der Waals surface area contributed by atoms with Crippen LogP contribution in [0.15, 0.2) is 30.7 Å². The van der Waals surface area contributed by atoms with Crippen molar-refractivity contribution in [2.45, 2.75) is 51.2 Å². The second-order valence-corrected chi connectivity index (χ2v) is 10.5. The molecule has 12 heteroatoms. The van der Waals surface area contributed by atoms with Gasteiger partial charge in [0.05, 0.1) is 22.2 Å². The number of hydrogen-bond acceptors (Lipinski definition) is 6. The maximum atomic E-state index is 14.7.